The molecule has 262 valence electrons. The van der Waals surface area contributed by atoms with Gasteiger partial charge >= 0.3 is 0 Å². The second-order valence-corrected chi connectivity index (χ2v) is 17.6. The summed E-state index contributed by atoms with van der Waals surface area (Å²) in [7, 11) is -7.57. The third kappa shape index (κ3) is 11.6. The molecule has 0 bridgehead atoms. The molecule has 10 heteroatoms. The molecule has 0 aliphatic carbocycles. The van der Waals surface area contributed by atoms with E-state index in [1.54, 1.807) is 114 Å². The number of aryl methyl sites for hydroxylation is 2. The molecular weight excluding hydrogens is 657 g/mol. The Balaban J connectivity index is 0.000000266. The van der Waals surface area contributed by atoms with Crippen LogP contribution < -0.4 is 9.44 Å². The number of sulfonamides is 2. The number of ketones is 2. The second-order valence-electron chi connectivity index (χ2n) is 14.2. The zero-order valence-corrected chi connectivity index (χ0v) is 31.2. The van der Waals surface area contributed by atoms with E-state index >= 15 is 0 Å². The highest BCUT2D eigenvalue weighted by molar-refractivity contribution is 7.89. The van der Waals surface area contributed by atoms with E-state index < -0.39 is 43.0 Å². The lowest BCUT2D eigenvalue weighted by Crippen LogP contribution is -2.46. The highest BCUT2D eigenvalue weighted by Crippen LogP contribution is 2.27. The van der Waals surface area contributed by atoms with Gasteiger partial charge in [0.15, 0.2) is 11.6 Å². The molecule has 2 unspecified atom stereocenters. The van der Waals surface area contributed by atoms with Gasteiger partial charge in [0, 0.05) is 10.8 Å². The molecule has 2 atom stereocenters. The average Bonchev–Trinajstić information content (AvgIpc) is 3.03. The first-order chi connectivity index (χ1) is 22.7. The molecule has 0 radical (unpaired) electrons. The molecule has 4 aromatic rings. The van der Waals surface area contributed by atoms with E-state index in [1.165, 1.54) is 0 Å². The third-order valence-corrected chi connectivity index (χ3v) is 10.6. The van der Waals surface area contributed by atoms with Gasteiger partial charge in [0.05, 0.1) is 15.8 Å². The van der Waals surface area contributed by atoms with Gasteiger partial charge in [-0.15, -0.1) is 0 Å². The first-order valence-corrected chi connectivity index (χ1v) is 19.0. The zero-order chi connectivity index (χ0) is 36.6. The molecule has 0 spiro atoms. The van der Waals surface area contributed by atoms with Crippen molar-refractivity contribution in [2.75, 3.05) is 0 Å². The number of Topliss-reactive ketones (excluding diaryl/α,β-unsaturated/α-hetero) is 2. The predicted octanol–water partition coefficient (Wildman–Crippen LogP) is 7.13. The van der Waals surface area contributed by atoms with Crippen LogP contribution in [0, 0.1) is 24.7 Å². The maximum absolute atomic E-state index is 12.8. The highest BCUT2D eigenvalue weighted by Gasteiger charge is 2.35. The lowest BCUT2D eigenvalue weighted by molar-refractivity contribution is -0.128. The molecule has 0 fully saturated rings. The van der Waals surface area contributed by atoms with E-state index in [9.17, 15) is 26.4 Å². The van der Waals surface area contributed by atoms with Gasteiger partial charge in [0.25, 0.3) is 0 Å². The summed E-state index contributed by atoms with van der Waals surface area (Å²) >= 11 is 0. The third-order valence-electron chi connectivity index (χ3n) is 7.71. The highest BCUT2D eigenvalue weighted by atomic mass is 32.2. The number of benzene rings is 4. The molecule has 4 aromatic carbocycles. The fourth-order valence-corrected chi connectivity index (χ4v) is 7.20. The Hall–Kier alpha value is -3.96. The van der Waals surface area contributed by atoms with Gasteiger partial charge in [-0.05, 0) is 55.7 Å². The van der Waals surface area contributed by atoms with Crippen LogP contribution >= 0.6 is 0 Å². The van der Waals surface area contributed by atoms with E-state index in [2.05, 4.69) is 9.44 Å². The summed E-state index contributed by atoms with van der Waals surface area (Å²) in [5.74, 6) is -0.309. The standard InChI is InChI=1S/C20H25NO3S.C19H23NO3S/c1-15-10-12-17(13-11-15)25(23,24)21-18(19(22)20(2,3)4)14-16-8-6-5-7-9-16;1-14-10-12-16(13-11-14)24(22,23)20-17(18(21)19(2,3)4)15-8-6-5-7-9-15/h5-13,18,21H,14H2,1-4H3;5-13,17,20H,1-4H3. The van der Waals surface area contributed by atoms with E-state index in [1.807, 2.05) is 50.2 Å². The zero-order valence-electron chi connectivity index (χ0n) is 29.5. The predicted molar refractivity (Wildman–Crippen MR) is 195 cm³/mol. The average molecular weight is 705 g/mol. The Morgan fingerprint density at radius 2 is 0.939 bits per heavy atom. The van der Waals surface area contributed by atoms with Crippen LogP contribution in [0.4, 0.5) is 0 Å². The number of hydrogen-bond donors (Lipinski definition) is 2. The van der Waals surface area contributed by atoms with Crippen LogP contribution in [0.15, 0.2) is 119 Å². The van der Waals surface area contributed by atoms with Crippen molar-refractivity contribution < 1.29 is 26.4 Å². The quantitative estimate of drug-likeness (QED) is 0.171. The Bertz CT molecular complexity index is 1910. The van der Waals surface area contributed by atoms with Crippen molar-refractivity contribution >= 4 is 31.6 Å². The normalized spacial score (nSPS) is 13.5. The lowest BCUT2D eigenvalue weighted by Gasteiger charge is -2.25. The smallest absolute Gasteiger partial charge is 0.241 e. The van der Waals surface area contributed by atoms with Crippen LogP contribution in [0.3, 0.4) is 0 Å². The molecular formula is C39H48N2O6S2. The summed E-state index contributed by atoms with van der Waals surface area (Å²) in [5.41, 5.74) is 2.18. The Labute approximate surface area is 292 Å². The molecule has 8 nitrogen and oxygen atoms in total. The van der Waals surface area contributed by atoms with Crippen molar-refractivity contribution in [2.45, 2.75) is 83.7 Å². The van der Waals surface area contributed by atoms with Crippen molar-refractivity contribution in [2.24, 2.45) is 10.8 Å². The number of rotatable bonds is 11. The number of carbonyl (C=O) groups is 2. The minimum absolute atomic E-state index is 0.132. The molecule has 49 heavy (non-hydrogen) atoms. The maximum Gasteiger partial charge on any atom is 0.241 e. The van der Waals surface area contributed by atoms with Crippen LogP contribution in [0.5, 0.6) is 0 Å². The van der Waals surface area contributed by atoms with Crippen molar-refractivity contribution in [3.63, 3.8) is 0 Å². The molecule has 0 amide bonds. The van der Waals surface area contributed by atoms with Gasteiger partial charge in [-0.1, -0.05) is 138 Å². The van der Waals surface area contributed by atoms with E-state index in [-0.39, 0.29) is 21.4 Å². The minimum atomic E-state index is -3.80. The summed E-state index contributed by atoms with van der Waals surface area (Å²) in [6.07, 6.45) is 0.321. The largest absolute Gasteiger partial charge is 0.297 e. The fourth-order valence-electron chi connectivity index (χ4n) is 4.83. The monoisotopic (exact) mass is 704 g/mol. The van der Waals surface area contributed by atoms with E-state index in [0.29, 0.717) is 12.0 Å². The Morgan fingerprint density at radius 1 is 0.551 bits per heavy atom. The van der Waals surface area contributed by atoms with Gasteiger partial charge in [0.1, 0.15) is 6.04 Å². The van der Waals surface area contributed by atoms with Crippen LogP contribution in [-0.2, 0) is 36.1 Å². The summed E-state index contributed by atoms with van der Waals surface area (Å²) in [5, 5.41) is 0. The van der Waals surface area contributed by atoms with Crippen molar-refractivity contribution in [3.05, 3.63) is 131 Å². The summed E-state index contributed by atoms with van der Waals surface area (Å²) in [6.45, 7) is 14.5. The summed E-state index contributed by atoms with van der Waals surface area (Å²) in [4.78, 5) is 25.9. The molecule has 0 heterocycles. The molecule has 0 aliphatic heterocycles. The SMILES string of the molecule is Cc1ccc(S(=O)(=O)NC(C(=O)C(C)(C)C)c2ccccc2)cc1.Cc1ccc(S(=O)(=O)NC(Cc2ccccc2)C(=O)C(C)(C)C)cc1. The minimum Gasteiger partial charge on any atom is -0.297 e. The van der Waals surface area contributed by atoms with Gasteiger partial charge in [-0.3, -0.25) is 9.59 Å². The van der Waals surface area contributed by atoms with Crippen molar-refractivity contribution in [3.8, 4) is 0 Å². The van der Waals surface area contributed by atoms with Crippen LogP contribution in [0.1, 0.15) is 69.8 Å². The molecule has 0 aromatic heterocycles. The van der Waals surface area contributed by atoms with Crippen molar-refractivity contribution in [1.82, 2.24) is 9.44 Å². The first-order valence-electron chi connectivity index (χ1n) is 16.1. The maximum atomic E-state index is 12.8. The number of hydrogen-bond acceptors (Lipinski definition) is 6. The van der Waals surface area contributed by atoms with E-state index in [4.69, 9.17) is 0 Å². The van der Waals surface area contributed by atoms with Crippen LogP contribution in [0.2, 0.25) is 0 Å². The first kappa shape index (κ1) is 39.5. The van der Waals surface area contributed by atoms with Crippen LogP contribution in [-0.4, -0.2) is 34.4 Å². The Morgan fingerprint density at radius 3 is 1.35 bits per heavy atom. The lowest BCUT2D eigenvalue weighted by atomic mass is 9.84. The van der Waals surface area contributed by atoms with Gasteiger partial charge in [-0.25, -0.2) is 21.6 Å². The molecule has 2 N–H and O–H groups in total. The summed E-state index contributed by atoms with van der Waals surface area (Å²) in [6, 6.07) is 29.8. The molecule has 0 saturated carbocycles. The topological polar surface area (TPSA) is 126 Å². The second kappa shape index (κ2) is 16.2. The number of nitrogens with one attached hydrogen (secondary N) is 2. The van der Waals surface area contributed by atoms with E-state index in [0.717, 1.165) is 16.7 Å². The Kier molecular flexibility index (Phi) is 13.0. The van der Waals surface area contributed by atoms with Crippen molar-refractivity contribution in [1.29, 1.82) is 0 Å². The van der Waals surface area contributed by atoms with Gasteiger partial charge in [0.2, 0.25) is 20.0 Å². The fraction of sp³-hybridized carbons (Fsp3) is 0.333. The van der Waals surface area contributed by atoms with Gasteiger partial charge in [-0.2, -0.15) is 4.72 Å². The molecule has 0 saturated heterocycles. The number of carbonyl (C=O) groups excluding carboxylic acids is 2. The van der Waals surface area contributed by atoms with Gasteiger partial charge < -0.3 is 0 Å². The molecule has 0 aliphatic rings. The summed E-state index contributed by atoms with van der Waals surface area (Å²) < 4.78 is 56.0. The van der Waals surface area contributed by atoms with Crippen LogP contribution in [0.25, 0.3) is 0 Å². The molecule has 4 rings (SSSR count).